The van der Waals surface area contributed by atoms with Gasteiger partial charge >= 0.3 is 6.61 Å². The van der Waals surface area contributed by atoms with Crippen LogP contribution >= 0.6 is 0 Å². The number of hydrogen-bond acceptors (Lipinski definition) is 10. The number of ketones is 1. The third-order valence-corrected chi connectivity index (χ3v) is 11.0. The lowest BCUT2D eigenvalue weighted by Crippen LogP contribution is -2.64. The number of aromatic nitrogens is 3. The molecule has 1 aliphatic carbocycles. The van der Waals surface area contributed by atoms with Crippen LogP contribution in [0.25, 0.3) is 10.8 Å². The number of Topliss-reactive ketones (excluding diaryl/α,β-unsaturated/α-hetero) is 1. The van der Waals surface area contributed by atoms with Gasteiger partial charge in [-0.2, -0.15) is 8.78 Å². The molecule has 0 bridgehead atoms. The van der Waals surface area contributed by atoms with Gasteiger partial charge in [-0.1, -0.05) is 49.5 Å². The molecule has 17 heteroatoms. The van der Waals surface area contributed by atoms with E-state index in [1.807, 2.05) is 0 Å². The quantitative estimate of drug-likeness (QED) is 0.187. The highest BCUT2D eigenvalue weighted by Crippen LogP contribution is 2.35. The Balaban J connectivity index is 1.32. The molecule has 6 rings (SSSR count). The summed E-state index contributed by atoms with van der Waals surface area (Å²) in [7, 11) is 0. The van der Waals surface area contributed by atoms with Crippen LogP contribution in [0, 0.1) is 5.92 Å². The molecule has 2 aliphatic heterocycles. The Morgan fingerprint density at radius 1 is 1.05 bits per heavy atom. The van der Waals surface area contributed by atoms with Crippen LogP contribution < -0.4 is 21.1 Å². The molecule has 3 aromatic rings. The molecule has 5 N–H and O–H groups in total. The molecular formula is C38H47F2N7O8. The predicted molar refractivity (Wildman–Crippen MR) is 193 cm³/mol. The van der Waals surface area contributed by atoms with Crippen LogP contribution in [0.1, 0.15) is 93.7 Å². The normalized spacial score (nSPS) is 20.9. The minimum absolute atomic E-state index is 0.00319. The highest BCUT2D eigenvalue weighted by atomic mass is 19.3. The van der Waals surface area contributed by atoms with Crippen LogP contribution in [0.2, 0.25) is 0 Å². The molecule has 55 heavy (non-hydrogen) atoms. The van der Waals surface area contributed by atoms with Crippen LogP contribution in [-0.2, 0) is 29.5 Å². The number of nitrogens with one attached hydrogen (secondary N) is 2. The number of halogens is 2. The van der Waals surface area contributed by atoms with E-state index in [-0.39, 0.29) is 56.3 Å². The highest BCUT2D eigenvalue weighted by molar-refractivity contribution is 6.39. The first-order valence-corrected chi connectivity index (χ1v) is 18.6. The smallest absolute Gasteiger partial charge is 0.387 e. The van der Waals surface area contributed by atoms with E-state index in [2.05, 4.69) is 25.7 Å². The number of ether oxygens (including phenoxy) is 2. The summed E-state index contributed by atoms with van der Waals surface area (Å²) in [6.07, 6.45) is 6.48. The van der Waals surface area contributed by atoms with Crippen LogP contribution in [0.3, 0.4) is 0 Å². The number of amides is 4. The van der Waals surface area contributed by atoms with Crippen molar-refractivity contribution in [3.8, 4) is 5.75 Å². The first kappa shape index (κ1) is 39.7. The molecule has 4 amide bonds. The molecule has 15 nitrogen and oxygen atoms in total. The molecule has 3 aliphatic rings. The zero-order valence-electron chi connectivity index (χ0n) is 30.8. The maximum atomic E-state index is 14.9. The maximum Gasteiger partial charge on any atom is 0.387 e. The summed E-state index contributed by atoms with van der Waals surface area (Å²) in [5.74, 6) is -3.84. The number of benzene rings is 2. The zero-order chi connectivity index (χ0) is 39.5. The Bertz CT molecular complexity index is 1920. The summed E-state index contributed by atoms with van der Waals surface area (Å²) in [5.41, 5.74) is 3.01. The van der Waals surface area contributed by atoms with Crippen molar-refractivity contribution in [1.82, 2.24) is 30.5 Å². The Morgan fingerprint density at radius 2 is 1.75 bits per heavy atom. The summed E-state index contributed by atoms with van der Waals surface area (Å²) in [5, 5.41) is 25.9. The third-order valence-electron chi connectivity index (χ3n) is 11.0. The van der Waals surface area contributed by atoms with Gasteiger partial charge in [0.1, 0.15) is 29.0 Å². The summed E-state index contributed by atoms with van der Waals surface area (Å²) >= 11 is 0. The van der Waals surface area contributed by atoms with Gasteiger partial charge in [0.2, 0.25) is 17.6 Å². The van der Waals surface area contributed by atoms with Gasteiger partial charge in [0.15, 0.2) is 0 Å². The second kappa shape index (κ2) is 16.4. The number of aliphatic hydroxyl groups is 1. The number of carbonyl (C=O) groups is 5. The van der Waals surface area contributed by atoms with Gasteiger partial charge in [-0.3, -0.25) is 24.0 Å². The molecule has 1 aromatic heterocycles. The van der Waals surface area contributed by atoms with Crippen molar-refractivity contribution < 1.29 is 47.3 Å². The first-order valence-electron chi connectivity index (χ1n) is 18.6. The lowest BCUT2D eigenvalue weighted by atomic mass is 9.84. The number of carbonyl (C=O) groups excluding carboxylic acids is 5. The molecule has 3 heterocycles. The fraction of sp³-hybridized carbons (Fsp3) is 0.553. The molecule has 1 unspecified atom stereocenters. The van der Waals surface area contributed by atoms with Crippen molar-refractivity contribution in [3.63, 3.8) is 0 Å². The van der Waals surface area contributed by atoms with Gasteiger partial charge in [-0.25, -0.2) is 4.68 Å². The van der Waals surface area contributed by atoms with Crippen LogP contribution in [0.15, 0.2) is 42.6 Å². The molecule has 2 aromatic carbocycles. The van der Waals surface area contributed by atoms with Crippen LogP contribution in [0.5, 0.6) is 5.75 Å². The number of fused-ring (bicyclic) bond motifs is 1. The van der Waals surface area contributed by atoms with Crippen molar-refractivity contribution in [2.24, 2.45) is 11.7 Å². The van der Waals surface area contributed by atoms with Gasteiger partial charge in [-0.15, -0.1) is 5.10 Å². The largest absolute Gasteiger partial charge is 0.435 e. The summed E-state index contributed by atoms with van der Waals surface area (Å²) in [4.78, 5) is 69.8. The zero-order valence-corrected chi connectivity index (χ0v) is 30.8. The van der Waals surface area contributed by atoms with E-state index < -0.39 is 65.3 Å². The lowest BCUT2D eigenvalue weighted by Gasteiger charge is -2.37. The van der Waals surface area contributed by atoms with Crippen molar-refractivity contribution >= 4 is 40.2 Å². The third kappa shape index (κ3) is 8.93. The average Bonchev–Trinajstić information content (AvgIpc) is 3.83. The Morgan fingerprint density at radius 3 is 2.42 bits per heavy atom. The fourth-order valence-corrected chi connectivity index (χ4v) is 8.08. The van der Waals surface area contributed by atoms with Crippen molar-refractivity contribution in [3.05, 3.63) is 53.9 Å². The van der Waals surface area contributed by atoms with Gasteiger partial charge < -0.3 is 35.8 Å². The lowest BCUT2D eigenvalue weighted by molar-refractivity contribution is -0.147. The average molecular weight is 768 g/mol. The number of hydrogen-bond donors (Lipinski definition) is 4. The predicted octanol–water partition coefficient (Wildman–Crippen LogP) is 2.89. The second-order valence-electron chi connectivity index (χ2n) is 15.3. The van der Waals surface area contributed by atoms with E-state index in [4.69, 9.17) is 10.5 Å². The van der Waals surface area contributed by atoms with E-state index in [9.17, 15) is 37.9 Å². The van der Waals surface area contributed by atoms with Gasteiger partial charge in [0, 0.05) is 44.6 Å². The molecule has 0 spiro atoms. The van der Waals surface area contributed by atoms with Crippen LogP contribution in [-0.4, -0.2) is 98.4 Å². The van der Waals surface area contributed by atoms with E-state index in [0.717, 1.165) is 32.1 Å². The fourth-order valence-electron chi connectivity index (χ4n) is 8.08. The molecule has 3 fully saturated rings. The molecule has 2 saturated heterocycles. The molecular weight excluding hydrogens is 720 g/mol. The monoisotopic (exact) mass is 767 g/mol. The number of nitrogens with two attached hydrogens (primary N) is 1. The number of nitrogens with zero attached hydrogens (tertiary/aromatic N) is 4. The molecule has 3 atom stereocenters. The Kier molecular flexibility index (Phi) is 11.8. The number of likely N-dealkylation sites (tertiary alicyclic amines) is 1. The van der Waals surface area contributed by atoms with Crippen LogP contribution in [0.4, 0.5) is 8.78 Å². The summed E-state index contributed by atoms with van der Waals surface area (Å²) < 4.78 is 37.0. The summed E-state index contributed by atoms with van der Waals surface area (Å²) in [6.45, 7) is 0.286. The van der Waals surface area contributed by atoms with Gasteiger partial charge in [0.05, 0.1) is 17.9 Å². The van der Waals surface area contributed by atoms with Crippen molar-refractivity contribution in [2.45, 2.75) is 108 Å². The SMILES string of the molecule is CC(C)(O)c1cnnn1[C@H]1C[C@@H](C(=O)NC2(C(=O)C(N)=O)CCOCC2)N(C(=O)C(CC2CCCCC2)NC(=O)c2ccc3cc(OC(F)F)ccc3c2)C1. The minimum Gasteiger partial charge on any atom is -0.435 e. The van der Waals surface area contributed by atoms with E-state index >= 15 is 0 Å². The van der Waals surface area contributed by atoms with Crippen molar-refractivity contribution in [2.75, 3.05) is 19.8 Å². The van der Waals surface area contributed by atoms with E-state index in [1.165, 1.54) is 34.0 Å². The number of rotatable bonds is 13. The van der Waals surface area contributed by atoms with Gasteiger partial charge in [-0.05, 0) is 61.2 Å². The minimum atomic E-state index is -2.99. The maximum absolute atomic E-state index is 14.9. The van der Waals surface area contributed by atoms with Crippen molar-refractivity contribution in [1.29, 1.82) is 0 Å². The summed E-state index contributed by atoms with van der Waals surface area (Å²) in [6, 6.07) is 6.23. The number of primary amides is 1. The first-order chi connectivity index (χ1) is 26.1. The standard InChI is InChI=1S/C38H47F2N7O8/c1-37(2,53)30-20-42-45-47(30)26-19-29(34(51)44-38(31(48)32(41)49)12-14-54-15-13-38)46(21-26)35(52)28(16-22-6-4-3-5-7-22)43-33(50)25-9-8-24-18-27(55-36(39)40)11-10-23(24)17-25/h8-11,17-18,20,22,26,28-29,36,53H,3-7,12-16,19,21H2,1-2H3,(H2,41,49)(H,43,50)(H,44,51)/t26-,28?,29-/m0/s1. The topological polar surface area (TPSA) is 208 Å². The second-order valence-corrected chi connectivity index (χ2v) is 15.3. The van der Waals surface area contributed by atoms with Gasteiger partial charge in [0.25, 0.3) is 11.8 Å². The molecule has 0 radical (unpaired) electrons. The Hall–Kier alpha value is -5.03. The number of alkyl halides is 2. The molecule has 296 valence electrons. The van der Waals surface area contributed by atoms with E-state index in [0.29, 0.717) is 22.9 Å². The molecule has 1 saturated carbocycles. The highest BCUT2D eigenvalue weighted by Gasteiger charge is 2.49. The van der Waals surface area contributed by atoms with E-state index in [1.54, 1.807) is 32.0 Å². The Labute approximate surface area is 316 Å².